The molecule has 2 heterocycles. The summed E-state index contributed by atoms with van der Waals surface area (Å²) >= 11 is 0. The fourth-order valence-corrected chi connectivity index (χ4v) is 3.79. The van der Waals surface area contributed by atoms with Gasteiger partial charge in [-0.3, -0.25) is 0 Å². The second-order valence-corrected chi connectivity index (χ2v) is 9.41. The van der Waals surface area contributed by atoms with Gasteiger partial charge in [0.15, 0.2) is 5.70 Å². The molecule has 0 spiro atoms. The number of para-hydroxylation sites is 1. The van der Waals surface area contributed by atoms with E-state index >= 15 is 0 Å². The summed E-state index contributed by atoms with van der Waals surface area (Å²) in [6.45, 7) is 9.43. The molecule has 1 aliphatic heterocycles. The maximum Gasteiger partial charge on any atom is 0.419 e. The maximum atomic E-state index is 13.1. The van der Waals surface area contributed by atoms with Crippen LogP contribution in [0.4, 0.5) is 4.79 Å². The molecule has 33 heavy (non-hydrogen) atoms. The van der Waals surface area contributed by atoms with Crippen molar-refractivity contribution >= 4 is 34.8 Å². The van der Waals surface area contributed by atoms with Crippen molar-refractivity contribution in [3.63, 3.8) is 0 Å². The lowest BCUT2D eigenvalue weighted by molar-refractivity contribution is -0.143. The van der Waals surface area contributed by atoms with Gasteiger partial charge >= 0.3 is 12.1 Å². The summed E-state index contributed by atoms with van der Waals surface area (Å²) in [4.78, 5) is 30.7. The van der Waals surface area contributed by atoms with Crippen LogP contribution >= 0.6 is 0 Å². The molecule has 0 N–H and O–H groups in total. The van der Waals surface area contributed by atoms with Gasteiger partial charge in [0, 0.05) is 5.39 Å². The van der Waals surface area contributed by atoms with Crippen LogP contribution in [0.2, 0.25) is 0 Å². The van der Waals surface area contributed by atoms with Gasteiger partial charge in [-0.1, -0.05) is 62.4 Å². The van der Waals surface area contributed by atoms with E-state index in [2.05, 4.69) is 0 Å². The number of cyclic esters (lactones) is 1. The highest BCUT2D eigenvalue weighted by Crippen LogP contribution is 2.27. The second-order valence-electron chi connectivity index (χ2n) is 9.41. The number of benzene rings is 2. The molecule has 3 aromatic rings. The summed E-state index contributed by atoms with van der Waals surface area (Å²) in [7, 11) is 0. The van der Waals surface area contributed by atoms with E-state index in [9.17, 15) is 9.59 Å². The Labute approximate surface area is 193 Å². The van der Waals surface area contributed by atoms with Crippen molar-refractivity contribution < 1.29 is 19.1 Å². The molecule has 0 aliphatic carbocycles. The highest BCUT2D eigenvalue weighted by Gasteiger charge is 2.32. The number of hydrogen-bond donors (Lipinski definition) is 0. The molecular weight excluding hydrogens is 416 g/mol. The molecule has 0 saturated carbocycles. The number of rotatable bonds is 3. The first-order valence-corrected chi connectivity index (χ1v) is 11.0. The minimum atomic E-state index is -0.667. The van der Waals surface area contributed by atoms with Crippen molar-refractivity contribution in [2.45, 2.75) is 46.3 Å². The molecule has 0 radical (unpaired) electrons. The zero-order chi connectivity index (χ0) is 23.8. The highest BCUT2D eigenvalue weighted by molar-refractivity contribution is 6.11. The van der Waals surface area contributed by atoms with Gasteiger partial charge < -0.3 is 9.47 Å². The van der Waals surface area contributed by atoms with Crippen molar-refractivity contribution in [3.05, 3.63) is 77.6 Å². The third-order valence-electron chi connectivity index (χ3n) is 5.23. The normalized spacial score (nSPS) is 17.9. The summed E-state index contributed by atoms with van der Waals surface area (Å²) in [5, 5.41) is 0.853. The molecule has 0 saturated heterocycles. The Balaban J connectivity index is 1.86. The van der Waals surface area contributed by atoms with Crippen LogP contribution in [0.5, 0.6) is 0 Å². The number of ether oxygens (including phenoxy) is 2. The summed E-state index contributed by atoms with van der Waals surface area (Å²) < 4.78 is 12.9. The van der Waals surface area contributed by atoms with Crippen LogP contribution in [-0.2, 0) is 14.3 Å². The highest BCUT2D eigenvalue weighted by atomic mass is 16.6. The monoisotopic (exact) mass is 444 g/mol. The largest absolute Gasteiger partial charge is 0.451 e. The molecule has 4 rings (SSSR count). The van der Waals surface area contributed by atoms with Crippen molar-refractivity contribution in [2.75, 3.05) is 0 Å². The van der Waals surface area contributed by atoms with Gasteiger partial charge in [0.1, 0.15) is 11.7 Å². The number of aromatic nitrogens is 1. The lowest BCUT2D eigenvalue weighted by atomic mass is 9.95. The first-order chi connectivity index (χ1) is 15.6. The van der Waals surface area contributed by atoms with Crippen LogP contribution in [0.15, 0.2) is 71.4 Å². The molecule has 1 aromatic heterocycles. The minimum absolute atomic E-state index is 0.0580. The maximum absolute atomic E-state index is 13.1. The molecule has 170 valence electrons. The Morgan fingerprint density at radius 3 is 2.42 bits per heavy atom. The van der Waals surface area contributed by atoms with E-state index in [1.807, 2.05) is 95.3 Å². The van der Waals surface area contributed by atoms with Crippen molar-refractivity contribution in [3.8, 4) is 0 Å². The molecule has 1 atom stereocenters. The molecule has 2 aromatic carbocycles. The van der Waals surface area contributed by atoms with Crippen LogP contribution in [0.3, 0.4) is 0 Å². The fourth-order valence-electron chi connectivity index (χ4n) is 3.79. The van der Waals surface area contributed by atoms with Crippen molar-refractivity contribution in [1.29, 1.82) is 0 Å². The number of aliphatic imine (C=N–C) groups is 1. The first-order valence-electron chi connectivity index (χ1n) is 11.0. The number of nitrogens with zero attached hydrogens (tertiary/aromatic N) is 2. The van der Waals surface area contributed by atoms with Crippen LogP contribution in [0, 0.1) is 5.92 Å². The van der Waals surface area contributed by atoms with Gasteiger partial charge in [-0.25, -0.2) is 19.1 Å². The van der Waals surface area contributed by atoms with Gasteiger partial charge in [-0.05, 0) is 50.5 Å². The predicted molar refractivity (Wildman–Crippen MR) is 129 cm³/mol. The average molecular weight is 445 g/mol. The molecule has 0 fully saturated rings. The quantitative estimate of drug-likeness (QED) is 0.376. The third-order valence-corrected chi connectivity index (χ3v) is 5.23. The summed E-state index contributed by atoms with van der Waals surface area (Å²) in [6, 6.07) is 19.0. The van der Waals surface area contributed by atoms with E-state index in [1.54, 1.807) is 6.08 Å². The smallest absolute Gasteiger partial charge is 0.419 e. The number of carbonyl (C=O) groups is 2. The Hall–Kier alpha value is -3.67. The lowest BCUT2D eigenvalue weighted by Gasteiger charge is -2.27. The molecule has 0 amide bonds. The number of fused-ring (bicyclic) bond motifs is 1. The first kappa shape index (κ1) is 22.5. The molecular formula is C27H28N2O4. The summed E-state index contributed by atoms with van der Waals surface area (Å²) in [5.41, 5.74) is 2.24. The Morgan fingerprint density at radius 2 is 1.76 bits per heavy atom. The predicted octanol–water partition coefficient (Wildman–Crippen LogP) is 5.84. The zero-order valence-electron chi connectivity index (χ0n) is 19.5. The minimum Gasteiger partial charge on any atom is -0.451 e. The van der Waals surface area contributed by atoms with Crippen LogP contribution in [0.1, 0.15) is 45.9 Å². The Kier molecular flexibility index (Phi) is 5.93. The van der Waals surface area contributed by atoms with Crippen LogP contribution in [-0.4, -0.2) is 34.0 Å². The van der Waals surface area contributed by atoms with E-state index in [4.69, 9.17) is 14.5 Å². The third kappa shape index (κ3) is 4.75. The zero-order valence-corrected chi connectivity index (χ0v) is 19.5. The number of esters is 1. The van der Waals surface area contributed by atoms with Gasteiger partial charge in [0.25, 0.3) is 0 Å². The topological polar surface area (TPSA) is 69.9 Å². The van der Waals surface area contributed by atoms with Gasteiger partial charge in [-0.2, -0.15) is 0 Å². The Morgan fingerprint density at radius 1 is 1.09 bits per heavy atom. The van der Waals surface area contributed by atoms with Crippen LogP contribution < -0.4 is 0 Å². The fraction of sp³-hybridized carbons (Fsp3) is 0.296. The lowest BCUT2D eigenvalue weighted by Crippen LogP contribution is -2.37. The molecule has 6 heteroatoms. The van der Waals surface area contributed by atoms with E-state index in [0.717, 1.165) is 10.9 Å². The Bertz CT molecular complexity index is 1260. The second kappa shape index (κ2) is 8.70. The van der Waals surface area contributed by atoms with Crippen molar-refractivity contribution in [2.24, 2.45) is 10.9 Å². The average Bonchev–Trinajstić information content (AvgIpc) is 3.12. The molecule has 1 aliphatic rings. The van der Waals surface area contributed by atoms with Crippen LogP contribution in [0.25, 0.3) is 17.0 Å². The van der Waals surface area contributed by atoms with E-state index < -0.39 is 23.8 Å². The number of hydrogen-bond acceptors (Lipinski definition) is 5. The van der Waals surface area contributed by atoms with Gasteiger partial charge in [0.2, 0.25) is 0 Å². The molecule has 6 nitrogen and oxygen atoms in total. The van der Waals surface area contributed by atoms with E-state index in [0.29, 0.717) is 16.9 Å². The van der Waals surface area contributed by atoms with E-state index in [1.165, 1.54) is 4.57 Å². The molecule has 0 bridgehead atoms. The van der Waals surface area contributed by atoms with Gasteiger partial charge in [-0.15, -0.1) is 0 Å². The number of carbonyl (C=O) groups excluding carboxylic acids is 2. The van der Waals surface area contributed by atoms with E-state index in [-0.39, 0.29) is 11.6 Å². The molecule has 0 unspecified atom stereocenters. The van der Waals surface area contributed by atoms with Gasteiger partial charge in [0.05, 0.1) is 16.9 Å². The summed E-state index contributed by atoms with van der Waals surface area (Å²) in [6.07, 6.45) is 0.618. The SMILES string of the molecule is CC(C)[C@@H]1OC(=O)/C(=C/c2cc3ccccc3n2C(=O)OC(C)(C)C)N=C1c1ccccc1. The standard InChI is InChI=1S/C27H28N2O4/c1-17(2)24-23(18-11-7-6-8-12-18)28-21(25(30)32-24)16-20-15-19-13-9-10-14-22(19)29(20)26(31)33-27(3,4)5/h6-17,24H,1-5H3/b21-16-/t24-/m0/s1. The summed E-state index contributed by atoms with van der Waals surface area (Å²) in [5.74, 6) is -0.461. The van der Waals surface area contributed by atoms with Crippen molar-refractivity contribution in [1.82, 2.24) is 4.57 Å².